The summed E-state index contributed by atoms with van der Waals surface area (Å²) in [6.07, 6.45) is 1.92. The average Bonchev–Trinajstić information content (AvgIpc) is 3.99. The molecular weight excluding hydrogens is 783 g/mol. The molecule has 0 radical (unpaired) electrons. The Morgan fingerprint density at radius 2 is 0.738 bits per heavy atom. The van der Waals surface area contributed by atoms with Crippen molar-refractivity contribution in [3.8, 4) is 61.3 Å². The van der Waals surface area contributed by atoms with Crippen molar-refractivity contribution in [2.75, 3.05) is 0 Å². The first-order valence-electron chi connectivity index (χ1n) is 23.0. The van der Waals surface area contributed by atoms with E-state index in [4.69, 9.17) is 0 Å². The molecule has 13 rings (SSSR count). The van der Waals surface area contributed by atoms with Crippen LogP contribution in [0.15, 0.2) is 237 Å². The van der Waals surface area contributed by atoms with Gasteiger partial charge in [-0.15, -0.1) is 0 Å². The first-order valence-corrected chi connectivity index (χ1v) is 23.0. The van der Waals surface area contributed by atoms with Crippen LogP contribution in [0, 0.1) is 0 Å². The van der Waals surface area contributed by atoms with Crippen molar-refractivity contribution in [1.29, 1.82) is 0 Å². The molecule has 2 unspecified atom stereocenters. The van der Waals surface area contributed by atoms with Crippen LogP contribution in [-0.4, -0.2) is 4.57 Å². The van der Waals surface area contributed by atoms with Gasteiger partial charge in [-0.3, -0.25) is 0 Å². The van der Waals surface area contributed by atoms with Gasteiger partial charge in [-0.1, -0.05) is 206 Å². The number of fused-ring (bicyclic) bond motifs is 9. The molecule has 2 atom stereocenters. The Kier molecular flexibility index (Phi) is 8.88. The molecule has 10 aromatic carbocycles. The normalized spacial score (nSPS) is 14.6. The van der Waals surface area contributed by atoms with Gasteiger partial charge in [0.2, 0.25) is 0 Å². The molecule has 306 valence electrons. The highest BCUT2D eigenvalue weighted by atomic mass is 15.0. The van der Waals surface area contributed by atoms with Crippen LogP contribution in [0.4, 0.5) is 0 Å². The molecule has 11 aromatic rings. The third kappa shape index (κ3) is 6.30. The SMILES string of the molecule is c1ccc(-c2ccc(CC3c4ccccc4-c4cc(-c5cccc(CC6c7ccccc7-c7cc(-c8ccccc8-n8c9ccccc9c9ccccc98)ccc76)c5)ccc43)cc2)cc1. The first-order chi connectivity index (χ1) is 32.2. The molecule has 0 bridgehead atoms. The lowest BCUT2D eigenvalue weighted by Gasteiger charge is -2.17. The fourth-order valence-electron chi connectivity index (χ4n) is 11.3. The summed E-state index contributed by atoms with van der Waals surface area (Å²) >= 11 is 0. The van der Waals surface area contributed by atoms with Gasteiger partial charge in [-0.25, -0.2) is 0 Å². The quantitative estimate of drug-likeness (QED) is 0.144. The lowest BCUT2D eigenvalue weighted by Crippen LogP contribution is -2.02. The minimum absolute atomic E-state index is 0.271. The van der Waals surface area contributed by atoms with Crippen molar-refractivity contribution >= 4 is 21.8 Å². The minimum atomic E-state index is 0.271. The maximum absolute atomic E-state index is 2.45. The van der Waals surface area contributed by atoms with E-state index in [1.54, 1.807) is 0 Å². The van der Waals surface area contributed by atoms with Crippen molar-refractivity contribution in [3.63, 3.8) is 0 Å². The number of rotatable bonds is 8. The van der Waals surface area contributed by atoms with Gasteiger partial charge in [-0.05, 0) is 127 Å². The Hall–Kier alpha value is -8.00. The molecule has 0 fully saturated rings. The summed E-state index contributed by atoms with van der Waals surface area (Å²) in [4.78, 5) is 0. The van der Waals surface area contributed by atoms with E-state index >= 15 is 0 Å². The van der Waals surface area contributed by atoms with Gasteiger partial charge in [0.05, 0.1) is 16.7 Å². The molecular formula is C64H45N. The van der Waals surface area contributed by atoms with Gasteiger partial charge >= 0.3 is 0 Å². The van der Waals surface area contributed by atoms with Crippen LogP contribution in [0.1, 0.15) is 45.2 Å². The molecule has 1 heterocycles. The summed E-state index contributed by atoms with van der Waals surface area (Å²) in [7, 11) is 0. The molecule has 2 aliphatic carbocycles. The number of hydrogen-bond donors (Lipinski definition) is 0. The van der Waals surface area contributed by atoms with Crippen LogP contribution >= 0.6 is 0 Å². The zero-order chi connectivity index (χ0) is 42.8. The average molecular weight is 828 g/mol. The fourth-order valence-corrected chi connectivity index (χ4v) is 11.3. The molecule has 1 aromatic heterocycles. The van der Waals surface area contributed by atoms with Crippen molar-refractivity contribution < 1.29 is 0 Å². The van der Waals surface area contributed by atoms with Crippen LogP contribution in [0.5, 0.6) is 0 Å². The van der Waals surface area contributed by atoms with E-state index < -0.39 is 0 Å². The molecule has 2 aliphatic rings. The van der Waals surface area contributed by atoms with Crippen LogP contribution in [-0.2, 0) is 12.8 Å². The number of aromatic nitrogens is 1. The summed E-state index contributed by atoms with van der Waals surface area (Å²) in [5.41, 5.74) is 25.0. The molecule has 0 N–H and O–H groups in total. The predicted molar refractivity (Wildman–Crippen MR) is 272 cm³/mol. The number of para-hydroxylation sites is 3. The Balaban J connectivity index is 0.816. The zero-order valence-corrected chi connectivity index (χ0v) is 36.0. The van der Waals surface area contributed by atoms with Gasteiger partial charge in [-0.2, -0.15) is 0 Å². The third-order valence-electron chi connectivity index (χ3n) is 14.3. The van der Waals surface area contributed by atoms with E-state index in [1.165, 1.54) is 117 Å². The van der Waals surface area contributed by atoms with Crippen LogP contribution in [0.3, 0.4) is 0 Å². The maximum atomic E-state index is 2.45. The Morgan fingerprint density at radius 3 is 1.42 bits per heavy atom. The summed E-state index contributed by atoms with van der Waals surface area (Å²) in [6, 6.07) is 88.2. The first kappa shape index (κ1) is 37.5. The van der Waals surface area contributed by atoms with Gasteiger partial charge in [0.25, 0.3) is 0 Å². The van der Waals surface area contributed by atoms with E-state index in [0.717, 1.165) is 12.8 Å². The molecule has 0 saturated heterocycles. The largest absolute Gasteiger partial charge is 0.309 e. The van der Waals surface area contributed by atoms with Gasteiger partial charge in [0.15, 0.2) is 0 Å². The standard InChI is InChI=1S/C64H45N/c1-2-16-44(17-3-1)45-31-29-42(30-32-45)38-58-50-20-4-6-22-52(50)60-40-47(33-35-54(58)60)46-18-14-15-43(37-46)39-59-51-21-5-7-23-53(51)61-41-48(34-36-55(59)61)49-19-8-11-26-62(49)65-63-27-12-9-24-56(63)57-25-10-13-28-64(57)65/h1-37,40-41,58-59H,38-39H2. The molecule has 0 saturated carbocycles. The highest BCUT2D eigenvalue weighted by Crippen LogP contribution is 2.50. The number of hydrogen-bond acceptors (Lipinski definition) is 0. The topological polar surface area (TPSA) is 4.93 Å². The summed E-state index contributed by atoms with van der Waals surface area (Å²) < 4.78 is 2.45. The second-order valence-corrected chi connectivity index (χ2v) is 17.9. The molecule has 1 nitrogen and oxygen atoms in total. The molecule has 0 aliphatic heterocycles. The lowest BCUT2D eigenvalue weighted by molar-refractivity contribution is 0.827. The highest BCUT2D eigenvalue weighted by molar-refractivity contribution is 6.09. The summed E-state index contributed by atoms with van der Waals surface area (Å²) in [5, 5.41) is 2.56. The molecule has 65 heavy (non-hydrogen) atoms. The van der Waals surface area contributed by atoms with Crippen molar-refractivity contribution in [3.05, 3.63) is 270 Å². The van der Waals surface area contributed by atoms with E-state index in [-0.39, 0.29) is 5.92 Å². The van der Waals surface area contributed by atoms with Crippen molar-refractivity contribution in [1.82, 2.24) is 4.57 Å². The van der Waals surface area contributed by atoms with E-state index in [0.29, 0.717) is 5.92 Å². The van der Waals surface area contributed by atoms with E-state index in [1.807, 2.05) is 0 Å². The zero-order valence-electron chi connectivity index (χ0n) is 36.0. The maximum Gasteiger partial charge on any atom is 0.0541 e. The van der Waals surface area contributed by atoms with Gasteiger partial charge in [0.1, 0.15) is 0 Å². The monoisotopic (exact) mass is 827 g/mol. The Labute approximate surface area is 380 Å². The Bertz CT molecular complexity index is 3550. The highest BCUT2D eigenvalue weighted by Gasteiger charge is 2.31. The summed E-state index contributed by atoms with van der Waals surface area (Å²) in [6.45, 7) is 0. The van der Waals surface area contributed by atoms with E-state index in [2.05, 4.69) is 241 Å². The van der Waals surface area contributed by atoms with E-state index in [9.17, 15) is 0 Å². The minimum Gasteiger partial charge on any atom is -0.309 e. The smallest absolute Gasteiger partial charge is 0.0541 e. The predicted octanol–water partition coefficient (Wildman–Crippen LogP) is 16.5. The molecule has 0 amide bonds. The summed E-state index contributed by atoms with van der Waals surface area (Å²) in [5.74, 6) is 0.599. The number of nitrogens with zero attached hydrogens (tertiary/aromatic N) is 1. The Morgan fingerprint density at radius 1 is 0.277 bits per heavy atom. The van der Waals surface area contributed by atoms with Crippen LogP contribution < -0.4 is 0 Å². The van der Waals surface area contributed by atoms with Crippen molar-refractivity contribution in [2.24, 2.45) is 0 Å². The van der Waals surface area contributed by atoms with Crippen LogP contribution in [0.2, 0.25) is 0 Å². The van der Waals surface area contributed by atoms with Gasteiger partial charge < -0.3 is 4.57 Å². The van der Waals surface area contributed by atoms with Crippen molar-refractivity contribution in [2.45, 2.75) is 24.7 Å². The molecule has 0 spiro atoms. The number of benzene rings is 10. The molecule has 1 heteroatoms. The second kappa shape index (κ2) is 15.4. The fraction of sp³-hybridized carbons (Fsp3) is 0.0625. The van der Waals surface area contributed by atoms with Gasteiger partial charge in [0, 0.05) is 28.2 Å². The third-order valence-corrected chi connectivity index (χ3v) is 14.3. The second-order valence-electron chi connectivity index (χ2n) is 17.9. The lowest BCUT2D eigenvalue weighted by atomic mass is 9.87. The van der Waals surface area contributed by atoms with Crippen LogP contribution in [0.25, 0.3) is 83.1 Å².